The van der Waals surface area contributed by atoms with Gasteiger partial charge in [-0.05, 0) is 90.4 Å². The highest BCUT2D eigenvalue weighted by atomic mass is 16.6. The van der Waals surface area contributed by atoms with Crippen molar-refractivity contribution in [1.29, 1.82) is 0 Å². The molecule has 6 heteroatoms. The molecule has 0 radical (unpaired) electrons. The molecular formula is C29H30O6. The number of hydrogen-bond donors (Lipinski definition) is 3. The average Bonchev–Trinajstić information content (AvgIpc) is 3.15. The Bertz CT molecular complexity index is 1280. The van der Waals surface area contributed by atoms with Crippen LogP contribution in [0.2, 0.25) is 0 Å². The molecule has 182 valence electrons. The molecule has 0 saturated carbocycles. The number of carboxylic acids is 1. The lowest BCUT2D eigenvalue weighted by molar-refractivity contribution is 0.0246. The van der Waals surface area contributed by atoms with Crippen LogP contribution in [0.5, 0.6) is 11.5 Å². The van der Waals surface area contributed by atoms with Gasteiger partial charge in [0.05, 0.1) is 11.1 Å². The minimum atomic E-state index is -1.43. The molecule has 0 atom stereocenters. The van der Waals surface area contributed by atoms with E-state index >= 15 is 0 Å². The van der Waals surface area contributed by atoms with Crippen LogP contribution < -0.4 is 0 Å². The average molecular weight is 475 g/mol. The Kier molecular flexibility index (Phi) is 6.32. The molecule has 1 aliphatic heterocycles. The first kappa shape index (κ1) is 24.3. The summed E-state index contributed by atoms with van der Waals surface area (Å²) >= 11 is 0. The van der Waals surface area contributed by atoms with Crippen LogP contribution >= 0.6 is 0 Å². The number of benzene rings is 3. The number of hydrogen-bond acceptors (Lipinski definition) is 5. The van der Waals surface area contributed by atoms with Crippen molar-refractivity contribution in [3.63, 3.8) is 0 Å². The van der Waals surface area contributed by atoms with E-state index in [-0.39, 0.29) is 17.1 Å². The Labute approximate surface area is 204 Å². The zero-order chi connectivity index (χ0) is 25.5. The van der Waals surface area contributed by atoms with Crippen LogP contribution in [0.4, 0.5) is 0 Å². The van der Waals surface area contributed by atoms with Crippen molar-refractivity contribution < 1.29 is 29.6 Å². The van der Waals surface area contributed by atoms with E-state index in [9.17, 15) is 24.9 Å². The van der Waals surface area contributed by atoms with E-state index in [1.165, 1.54) is 18.2 Å². The van der Waals surface area contributed by atoms with E-state index in [0.29, 0.717) is 59.1 Å². The molecule has 0 unspecified atom stereocenters. The monoisotopic (exact) mass is 474 g/mol. The summed E-state index contributed by atoms with van der Waals surface area (Å²) in [6, 6.07) is 11.6. The van der Waals surface area contributed by atoms with Crippen LogP contribution in [0.1, 0.15) is 87.4 Å². The van der Waals surface area contributed by atoms with Gasteiger partial charge < -0.3 is 20.1 Å². The summed E-state index contributed by atoms with van der Waals surface area (Å²) in [5.74, 6) is -1.31. The zero-order valence-corrected chi connectivity index (χ0v) is 20.4. The van der Waals surface area contributed by atoms with Gasteiger partial charge in [0.2, 0.25) is 0 Å². The number of ether oxygens (including phenoxy) is 1. The zero-order valence-electron chi connectivity index (χ0n) is 20.4. The van der Waals surface area contributed by atoms with E-state index in [1.54, 1.807) is 12.1 Å². The Morgan fingerprint density at radius 1 is 0.743 bits per heavy atom. The van der Waals surface area contributed by atoms with E-state index in [2.05, 4.69) is 0 Å². The summed E-state index contributed by atoms with van der Waals surface area (Å²) < 4.78 is 6.29. The normalized spacial score (nSPS) is 14.0. The minimum Gasteiger partial charge on any atom is -0.508 e. The van der Waals surface area contributed by atoms with E-state index in [1.807, 2.05) is 39.8 Å². The van der Waals surface area contributed by atoms with Gasteiger partial charge in [0, 0.05) is 16.7 Å². The van der Waals surface area contributed by atoms with Gasteiger partial charge in [0.15, 0.2) is 5.60 Å². The van der Waals surface area contributed by atoms with E-state index < -0.39 is 17.5 Å². The maximum Gasteiger partial charge on any atom is 0.340 e. The largest absolute Gasteiger partial charge is 0.508 e. The predicted octanol–water partition coefficient (Wildman–Crippen LogP) is 5.51. The van der Waals surface area contributed by atoms with Crippen molar-refractivity contribution in [2.24, 2.45) is 0 Å². The molecule has 1 aliphatic rings. The van der Waals surface area contributed by atoms with E-state index in [4.69, 9.17) is 4.74 Å². The molecule has 6 nitrogen and oxygen atoms in total. The molecule has 0 aliphatic carbocycles. The molecule has 0 spiro atoms. The molecule has 3 aromatic rings. The predicted molar refractivity (Wildman–Crippen MR) is 132 cm³/mol. The standard InChI is InChI=1S/C29H30O6/c1-5-16-14-25(30)18(7-3)11-22(16)29(23-12-19(8-4)26(31)15-17(23)6-2)24-13-20(27(32)33)9-10-21(24)28(34)35-29/h9-15,30-31H,5-8H2,1-4H3,(H,32,33). The van der Waals surface area contributed by atoms with Crippen LogP contribution in [0.25, 0.3) is 0 Å². The number of aromatic carboxylic acids is 1. The lowest BCUT2D eigenvalue weighted by Crippen LogP contribution is -2.32. The van der Waals surface area contributed by atoms with Gasteiger partial charge in [0.1, 0.15) is 11.5 Å². The van der Waals surface area contributed by atoms with Gasteiger partial charge in [-0.3, -0.25) is 0 Å². The number of aromatic hydroxyl groups is 2. The molecule has 1 heterocycles. The second-order valence-electron chi connectivity index (χ2n) is 8.83. The van der Waals surface area contributed by atoms with Crippen LogP contribution in [-0.2, 0) is 36.0 Å². The quantitative estimate of drug-likeness (QED) is 0.390. The maximum absolute atomic E-state index is 13.3. The van der Waals surface area contributed by atoms with Crippen LogP contribution in [0.15, 0.2) is 42.5 Å². The number of phenolic OH excluding ortho intramolecular Hbond substituents is 2. The summed E-state index contributed by atoms with van der Waals surface area (Å²) in [4.78, 5) is 25.2. The van der Waals surface area contributed by atoms with Gasteiger partial charge >= 0.3 is 11.9 Å². The van der Waals surface area contributed by atoms with Crippen molar-refractivity contribution in [2.45, 2.75) is 59.0 Å². The third-order valence-corrected chi connectivity index (χ3v) is 7.00. The number of carboxylic acid groups (broad SMARTS) is 1. The number of aryl methyl sites for hydroxylation is 4. The number of fused-ring (bicyclic) bond motifs is 1. The fraction of sp³-hybridized carbons (Fsp3) is 0.310. The van der Waals surface area contributed by atoms with Gasteiger partial charge in [-0.2, -0.15) is 0 Å². The molecule has 0 aromatic heterocycles. The number of carbonyl (C=O) groups excluding carboxylic acids is 1. The molecule has 3 aromatic carbocycles. The Balaban J connectivity index is 2.22. The third kappa shape index (κ3) is 3.73. The first-order valence-electron chi connectivity index (χ1n) is 12.0. The van der Waals surface area contributed by atoms with Gasteiger partial charge in [0.25, 0.3) is 0 Å². The highest BCUT2D eigenvalue weighted by molar-refractivity contribution is 5.98. The maximum atomic E-state index is 13.3. The highest BCUT2D eigenvalue weighted by Crippen LogP contribution is 2.51. The molecule has 0 saturated heterocycles. The fourth-order valence-corrected chi connectivity index (χ4v) is 5.10. The number of rotatable bonds is 7. The topological polar surface area (TPSA) is 104 Å². The SMILES string of the molecule is CCc1cc(C2(c3cc(CC)c(O)cc3CC)OC(=O)c3ccc(C(=O)O)cc32)c(CC)cc1O. The third-order valence-electron chi connectivity index (χ3n) is 7.00. The second kappa shape index (κ2) is 9.10. The van der Waals surface area contributed by atoms with Crippen molar-refractivity contribution >= 4 is 11.9 Å². The van der Waals surface area contributed by atoms with Crippen molar-refractivity contribution in [2.75, 3.05) is 0 Å². The Hall–Kier alpha value is -3.80. The van der Waals surface area contributed by atoms with E-state index in [0.717, 1.165) is 11.1 Å². The number of cyclic esters (lactones) is 1. The first-order valence-corrected chi connectivity index (χ1v) is 12.0. The molecular weight excluding hydrogens is 444 g/mol. The smallest absolute Gasteiger partial charge is 0.340 e. The van der Waals surface area contributed by atoms with Crippen LogP contribution in [0.3, 0.4) is 0 Å². The summed E-state index contributed by atoms with van der Waals surface area (Å²) in [5, 5.41) is 31.0. The van der Waals surface area contributed by atoms with Crippen LogP contribution in [-0.4, -0.2) is 27.3 Å². The fourth-order valence-electron chi connectivity index (χ4n) is 5.10. The number of carbonyl (C=O) groups is 2. The first-order chi connectivity index (χ1) is 16.7. The highest BCUT2D eigenvalue weighted by Gasteiger charge is 2.51. The summed E-state index contributed by atoms with van der Waals surface area (Å²) in [5.41, 5.74) is 3.72. The molecule has 0 fully saturated rings. The van der Waals surface area contributed by atoms with Crippen LogP contribution in [0, 0.1) is 0 Å². The second-order valence-corrected chi connectivity index (χ2v) is 8.83. The van der Waals surface area contributed by atoms with Gasteiger partial charge in [-0.15, -0.1) is 0 Å². The Morgan fingerprint density at radius 3 is 1.66 bits per heavy atom. The molecule has 0 bridgehead atoms. The minimum absolute atomic E-state index is 0.0477. The van der Waals surface area contributed by atoms with Crippen molar-refractivity contribution in [3.05, 3.63) is 92.5 Å². The summed E-state index contributed by atoms with van der Waals surface area (Å²) in [6.45, 7) is 7.78. The van der Waals surface area contributed by atoms with Crippen molar-refractivity contribution in [1.82, 2.24) is 0 Å². The summed E-state index contributed by atoms with van der Waals surface area (Å²) in [6.07, 6.45) is 2.23. The Morgan fingerprint density at radius 2 is 1.23 bits per heavy atom. The van der Waals surface area contributed by atoms with Gasteiger partial charge in [-0.25, -0.2) is 9.59 Å². The molecule has 3 N–H and O–H groups in total. The number of phenols is 2. The van der Waals surface area contributed by atoms with Gasteiger partial charge in [-0.1, -0.05) is 27.7 Å². The van der Waals surface area contributed by atoms with Crippen molar-refractivity contribution in [3.8, 4) is 11.5 Å². The lowest BCUT2D eigenvalue weighted by Gasteiger charge is -2.35. The molecule has 4 rings (SSSR count). The summed E-state index contributed by atoms with van der Waals surface area (Å²) in [7, 11) is 0. The number of esters is 1. The molecule has 35 heavy (non-hydrogen) atoms. The lowest BCUT2D eigenvalue weighted by atomic mass is 9.74. The molecule has 0 amide bonds.